The minimum atomic E-state index is -3.00. The van der Waals surface area contributed by atoms with E-state index in [2.05, 4.69) is 80.6 Å². The predicted octanol–water partition coefficient (Wildman–Crippen LogP) is 6.84. The molecule has 1 aliphatic heterocycles. The van der Waals surface area contributed by atoms with Crippen LogP contribution in [0.5, 0.6) is 11.5 Å². The van der Waals surface area contributed by atoms with Crippen molar-refractivity contribution in [3.8, 4) is 11.5 Å². The summed E-state index contributed by atoms with van der Waals surface area (Å²) in [6.07, 6.45) is 3.68. The maximum absolute atomic E-state index is 13.8. The number of aromatic hydroxyl groups is 1. The number of ether oxygens (including phenoxy) is 1. The van der Waals surface area contributed by atoms with Crippen LogP contribution >= 0.6 is 22.6 Å². The van der Waals surface area contributed by atoms with Crippen LogP contribution in [-0.2, 0) is 14.0 Å². The van der Waals surface area contributed by atoms with E-state index in [1.54, 1.807) is 6.07 Å². The Balaban J connectivity index is 1.57. The van der Waals surface area contributed by atoms with Crippen LogP contribution in [0.25, 0.3) is 6.08 Å². The molecule has 0 unspecified atom stereocenters. The summed E-state index contributed by atoms with van der Waals surface area (Å²) >= 11 is 2.08. The van der Waals surface area contributed by atoms with Gasteiger partial charge in [0.15, 0.2) is 11.5 Å². The van der Waals surface area contributed by atoms with Gasteiger partial charge in [0.25, 0.3) is 8.32 Å². The number of carbonyl (C=O) groups is 2. The van der Waals surface area contributed by atoms with Crippen LogP contribution in [0, 0.1) is 21.3 Å². The molecule has 1 heterocycles. The first-order chi connectivity index (χ1) is 25.3. The van der Waals surface area contributed by atoms with Crippen molar-refractivity contribution in [1.82, 2.24) is 4.90 Å². The van der Waals surface area contributed by atoms with E-state index >= 15 is 0 Å². The molecule has 10 heteroatoms. The molecule has 2 amide bonds. The zero-order chi connectivity index (χ0) is 38.5. The highest BCUT2D eigenvalue weighted by atomic mass is 127. The zero-order valence-corrected chi connectivity index (χ0v) is 34.9. The van der Waals surface area contributed by atoms with Crippen molar-refractivity contribution in [1.29, 1.82) is 0 Å². The molecular weight excluding hydrogens is 797 g/mol. The van der Waals surface area contributed by atoms with Crippen LogP contribution < -0.4 is 15.1 Å². The molecule has 0 radical (unpaired) electrons. The molecule has 3 aromatic rings. The van der Waals surface area contributed by atoms with Gasteiger partial charge < -0.3 is 24.5 Å². The molecule has 0 aromatic heterocycles. The predicted molar refractivity (Wildman–Crippen MR) is 221 cm³/mol. The Morgan fingerprint density at radius 1 is 1.02 bits per heavy atom. The van der Waals surface area contributed by atoms with Crippen molar-refractivity contribution in [2.45, 2.75) is 77.9 Å². The molecule has 0 bridgehead atoms. The number of imide groups is 1. The van der Waals surface area contributed by atoms with Crippen molar-refractivity contribution in [3.05, 3.63) is 98.6 Å². The SMILES string of the molecule is CCCN1C(=O)[C@@H]2[C@@H](CC(CO[Si](c3ccccc3)(c3ccccc3)C(C)(C)C)=C([C@H](O)CC/C(=C/c3cc(I)c(O)c(OC)c3)CC)[C@@H]2CO)C1=O. The number of hydrogen-bond acceptors (Lipinski definition) is 7. The number of benzene rings is 3. The molecule has 53 heavy (non-hydrogen) atoms. The van der Waals surface area contributed by atoms with E-state index in [1.165, 1.54) is 12.0 Å². The number of methoxy groups -OCH3 is 1. The third kappa shape index (κ3) is 8.22. The van der Waals surface area contributed by atoms with Crippen molar-refractivity contribution < 1.29 is 34.1 Å². The summed E-state index contributed by atoms with van der Waals surface area (Å²) < 4.78 is 13.4. The average molecular weight is 852 g/mol. The van der Waals surface area contributed by atoms with Crippen molar-refractivity contribution in [2.24, 2.45) is 17.8 Å². The van der Waals surface area contributed by atoms with Crippen LogP contribution in [0.4, 0.5) is 0 Å². The van der Waals surface area contributed by atoms with Gasteiger partial charge in [-0.15, -0.1) is 0 Å². The second-order valence-corrected chi connectivity index (χ2v) is 20.7. The minimum absolute atomic E-state index is 0.0987. The Bertz CT molecular complexity index is 1780. The summed E-state index contributed by atoms with van der Waals surface area (Å²) in [6.45, 7) is 10.8. The fraction of sp³-hybridized carbons (Fsp3) is 0.442. The van der Waals surface area contributed by atoms with Gasteiger partial charge in [-0.1, -0.05) is 107 Å². The summed E-state index contributed by atoms with van der Waals surface area (Å²) in [4.78, 5) is 29.0. The molecular formula is C43H54INO7Si. The van der Waals surface area contributed by atoms with E-state index in [1.807, 2.05) is 49.4 Å². The summed E-state index contributed by atoms with van der Waals surface area (Å²) in [5, 5.41) is 35.5. The van der Waals surface area contributed by atoms with E-state index in [0.717, 1.165) is 33.5 Å². The first-order valence-corrected chi connectivity index (χ1v) is 21.7. The second-order valence-electron chi connectivity index (χ2n) is 15.2. The zero-order valence-electron chi connectivity index (χ0n) is 31.8. The number of phenols is 1. The van der Waals surface area contributed by atoms with E-state index in [4.69, 9.17) is 9.16 Å². The summed E-state index contributed by atoms with van der Waals surface area (Å²) in [5.41, 5.74) is 3.40. The van der Waals surface area contributed by atoms with Gasteiger partial charge in [-0.3, -0.25) is 14.5 Å². The molecule has 5 rings (SSSR count). The largest absolute Gasteiger partial charge is 0.504 e. The van der Waals surface area contributed by atoms with Gasteiger partial charge in [-0.05, 0) is 98.9 Å². The number of hydrogen-bond donors (Lipinski definition) is 3. The lowest BCUT2D eigenvalue weighted by molar-refractivity contribution is -0.140. The number of aliphatic hydroxyl groups excluding tert-OH is 2. The molecule has 284 valence electrons. The molecule has 1 saturated heterocycles. The van der Waals surface area contributed by atoms with Gasteiger partial charge in [-0.2, -0.15) is 0 Å². The third-order valence-corrected chi connectivity index (χ3v) is 16.8. The molecule has 4 atom stereocenters. The van der Waals surface area contributed by atoms with Gasteiger partial charge in [-0.25, -0.2) is 0 Å². The van der Waals surface area contributed by atoms with E-state index in [0.29, 0.717) is 47.1 Å². The number of rotatable bonds is 15. The van der Waals surface area contributed by atoms with Crippen LogP contribution in [0.1, 0.15) is 72.3 Å². The van der Waals surface area contributed by atoms with Crippen LogP contribution in [0.2, 0.25) is 5.04 Å². The second kappa shape index (κ2) is 17.4. The smallest absolute Gasteiger partial charge is 0.261 e. The molecule has 3 N–H and O–H groups in total. The van der Waals surface area contributed by atoms with Crippen molar-refractivity contribution >= 4 is 59.2 Å². The van der Waals surface area contributed by atoms with Crippen molar-refractivity contribution in [3.63, 3.8) is 0 Å². The van der Waals surface area contributed by atoms with Crippen LogP contribution in [0.15, 0.2) is 89.5 Å². The number of carbonyl (C=O) groups excluding carboxylic acids is 2. The highest BCUT2D eigenvalue weighted by Crippen LogP contribution is 2.47. The number of fused-ring (bicyclic) bond motifs is 1. The summed E-state index contributed by atoms with van der Waals surface area (Å²) in [5.74, 6) is -2.02. The maximum atomic E-state index is 13.8. The fourth-order valence-corrected chi connectivity index (χ4v) is 13.6. The molecule has 0 spiro atoms. The number of phenolic OH excluding ortho intramolecular Hbond substituents is 1. The molecule has 8 nitrogen and oxygen atoms in total. The first kappa shape index (κ1) is 40.9. The Morgan fingerprint density at radius 2 is 1.64 bits per heavy atom. The van der Waals surface area contributed by atoms with Gasteiger partial charge in [0.05, 0.1) is 41.8 Å². The molecule has 1 fully saturated rings. The summed E-state index contributed by atoms with van der Waals surface area (Å²) in [6, 6.07) is 24.4. The molecule has 1 aliphatic carbocycles. The Morgan fingerprint density at radius 3 is 2.17 bits per heavy atom. The van der Waals surface area contributed by atoms with Crippen LogP contribution in [0.3, 0.4) is 0 Å². The molecule has 0 saturated carbocycles. The number of halogens is 1. The quantitative estimate of drug-likeness (QED) is 0.0665. The number of nitrogens with zero attached hydrogens (tertiary/aromatic N) is 1. The summed E-state index contributed by atoms with van der Waals surface area (Å²) in [7, 11) is -1.48. The average Bonchev–Trinajstić information content (AvgIpc) is 3.38. The first-order valence-electron chi connectivity index (χ1n) is 18.7. The van der Waals surface area contributed by atoms with Crippen molar-refractivity contribution in [2.75, 3.05) is 26.9 Å². The number of aliphatic hydroxyl groups is 2. The Kier molecular flexibility index (Phi) is 13.5. The van der Waals surface area contributed by atoms with E-state index in [-0.39, 0.29) is 35.8 Å². The van der Waals surface area contributed by atoms with E-state index in [9.17, 15) is 24.9 Å². The highest BCUT2D eigenvalue weighted by Gasteiger charge is 2.56. The van der Waals surface area contributed by atoms with Crippen LogP contribution in [-0.4, -0.2) is 73.3 Å². The molecule has 2 aliphatic rings. The van der Waals surface area contributed by atoms with Gasteiger partial charge >= 0.3 is 0 Å². The Labute approximate surface area is 329 Å². The minimum Gasteiger partial charge on any atom is -0.504 e. The molecule has 3 aromatic carbocycles. The normalized spacial score (nSPS) is 20.2. The lowest BCUT2D eigenvalue weighted by Crippen LogP contribution is -2.66. The maximum Gasteiger partial charge on any atom is 0.261 e. The lowest BCUT2D eigenvalue weighted by Gasteiger charge is -2.44. The standard InChI is InChI=1S/C43H54INO7Si/c1-7-21-45-41(49)33-25-30(27-52-53(43(3,4)5,31-15-11-9-12-16-31)32-17-13-10-14-18-32)38(34(26-46)39(33)42(45)50)36(47)20-19-28(8-2)22-29-23-35(44)40(48)37(24-29)51-6/h9-18,22-24,33-34,36,39,46-48H,7-8,19-21,25-27H2,1-6H3/b28-22+/t33-,34+,36-,39-/m1/s1. The highest BCUT2D eigenvalue weighted by molar-refractivity contribution is 14.1. The van der Waals surface area contributed by atoms with E-state index < -0.39 is 32.2 Å². The number of allylic oxidation sites excluding steroid dienone is 1. The number of likely N-dealkylation sites (tertiary alicyclic amines) is 1. The number of amides is 2. The topological polar surface area (TPSA) is 117 Å². The van der Waals surface area contributed by atoms with Gasteiger partial charge in [0.2, 0.25) is 11.8 Å². The van der Waals surface area contributed by atoms with Gasteiger partial charge in [0.1, 0.15) is 0 Å². The van der Waals surface area contributed by atoms with Gasteiger partial charge in [0, 0.05) is 12.5 Å². The lowest BCUT2D eigenvalue weighted by atomic mass is 9.68. The third-order valence-electron chi connectivity index (χ3n) is 11.0. The Hall–Kier alpha value is -3.29. The monoisotopic (exact) mass is 851 g/mol. The fourth-order valence-electron chi connectivity index (χ4n) is 8.46.